The Morgan fingerprint density at radius 2 is 2.55 bits per heavy atom. The molecule has 1 aliphatic heterocycles. The van der Waals surface area contributed by atoms with Gasteiger partial charge in [-0.15, -0.1) is 0 Å². The lowest BCUT2D eigenvalue weighted by Gasteiger charge is -2.12. The molecule has 2 N–H and O–H groups in total. The van der Waals surface area contributed by atoms with Crippen LogP contribution in [0.1, 0.15) is 5.69 Å². The molecule has 0 aromatic carbocycles. The number of hydrogen-bond acceptors (Lipinski definition) is 2. The van der Waals surface area contributed by atoms with E-state index in [1.54, 1.807) is 0 Å². The highest BCUT2D eigenvalue weighted by atomic mass is 15.2. The van der Waals surface area contributed by atoms with Gasteiger partial charge in [0, 0.05) is 24.3 Å². The van der Waals surface area contributed by atoms with Crippen molar-refractivity contribution in [3.63, 3.8) is 0 Å². The number of nitrogens with zero attached hydrogens (tertiary/aromatic N) is 1. The van der Waals surface area contributed by atoms with Crippen molar-refractivity contribution in [1.82, 2.24) is 15.2 Å². The summed E-state index contributed by atoms with van der Waals surface area (Å²) in [4.78, 5) is 5.36. The first-order valence-electron chi connectivity index (χ1n) is 3.71. The molecule has 0 saturated carbocycles. The molecule has 1 aliphatic rings. The number of nitrogens with one attached hydrogen (secondary N) is 2. The predicted octanol–water partition coefficient (Wildman–Crippen LogP) is 0.849. The van der Waals surface area contributed by atoms with Gasteiger partial charge < -0.3 is 15.2 Å². The molecule has 0 fully saturated rings. The van der Waals surface area contributed by atoms with Crippen molar-refractivity contribution in [2.75, 3.05) is 6.67 Å². The topological polar surface area (TPSA) is 31.1 Å². The lowest BCUT2D eigenvalue weighted by atomic mass is 10.4. The molecule has 0 bridgehead atoms. The van der Waals surface area contributed by atoms with Gasteiger partial charge >= 0.3 is 0 Å². The maximum absolute atomic E-state index is 3.16. The van der Waals surface area contributed by atoms with Gasteiger partial charge in [-0.3, -0.25) is 0 Å². The molecule has 1 aromatic rings. The fourth-order valence-electron chi connectivity index (χ4n) is 1.17. The maximum atomic E-state index is 3.16. The summed E-state index contributed by atoms with van der Waals surface area (Å²) >= 11 is 0. The lowest BCUT2D eigenvalue weighted by Crippen LogP contribution is -2.19. The van der Waals surface area contributed by atoms with E-state index in [1.807, 2.05) is 18.5 Å². The van der Waals surface area contributed by atoms with Gasteiger partial charge in [0.2, 0.25) is 0 Å². The second kappa shape index (κ2) is 2.70. The summed E-state index contributed by atoms with van der Waals surface area (Å²) in [5.41, 5.74) is 1.25. The summed E-state index contributed by atoms with van der Waals surface area (Å²) in [5.74, 6) is 0. The summed E-state index contributed by atoms with van der Waals surface area (Å²) in [6, 6.07) is 4.11. The van der Waals surface area contributed by atoms with E-state index in [0.29, 0.717) is 0 Å². The van der Waals surface area contributed by atoms with Gasteiger partial charge in [-0.25, -0.2) is 0 Å². The SMILES string of the molecule is C1=CN(Cc2ccc[nH]2)CN1. The average molecular weight is 149 g/mol. The molecule has 0 aliphatic carbocycles. The summed E-state index contributed by atoms with van der Waals surface area (Å²) in [6.07, 6.45) is 5.96. The summed E-state index contributed by atoms with van der Waals surface area (Å²) in [5, 5.41) is 3.12. The summed E-state index contributed by atoms with van der Waals surface area (Å²) in [6.45, 7) is 1.87. The number of H-pyrrole nitrogens is 1. The molecule has 3 nitrogen and oxygen atoms in total. The van der Waals surface area contributed by atoms with Gasteiger partial charge in [0.15, 0.2) is 0 Å². The highest BCUT2D eigenvalue weighted by molar-refractivity contribution is 5.04. The first-order chi connectivity index (χ1) is 5.45. The van der Waals surface area contributed by atoms with E-state index in [2.05, 4.69) is 27.5 Å². The fraction of sp³-hybridized carbons (Fsp3) is 0.250. The number of aromatic amines is 1. The molecule has 58 valence electrons. The molecule has 2 heterocycles. The highest BCUT2D eigenvalue weighted by Gasteiger charge is 2.03. The van der Waals surface area contributed by atoms with Crippen LogP contribution in [0.15, 0.2) is 30.7 Å². The third-order valence-electron chi connectivity index (χ3n) is 1.73. The number of aromatic nitrogens is 1. The average Bonchev–Trinajstić information content (AvgIpc) is 2.60. The van der Waals surface area contributed by atoms with Crippen molar-refractivity contribution >= 4 is 0 Å². The van der Waals surface area contributed by atoms with Gasteiger partial charge in [-0.1, -0.05) is 0 Å². The van der Waals surface area contributed by atoms with E-state index in [-0.39, 0.29) is 0 Å². The number of hydrogen-bond donors (Lipinski definition) is 2. The standard InChI is InChI=1S/C8H11N3/c1-2-8(10-3-1)6-11-5-4-9-7-11/h1-5,9-10H,6-7H2. The third-order valence-corrected chi connectivity index (χ3v) is 1.73. The Morgan fingerprint density at radius 3 is 3.18 bits per heavy atom. The van der Waals surface area contributed by atoms with Crippen LogP contribution in [0.3, 0.4) is 0 Å². The van der Waals surface area contributed by atoms with Crippen LogP contribution in [0.5, 0.6) is 0 Å². The Balaban J connectivity index is 1.95. The van der Waals surface area contributed by atoms with E-state index in [0.717, 1.165) is 13.2 Å². The minimum Gasteiger partial charge on any atom is -0.373 e. The molecule has 2 rings (SSSR count). The zero-order valence-corrected chi connectivity index (χ0v) is 6.25. The van der Waals surface area contributed by atoms with Gasteiger partial charge in [-0.05, 0) is 12.1 Å². The van der Waals surface area contributed by atoms with Gasteiger partial charge in [0.25, 0.3) is 0 Å². The molecule has 3 heteroatoms. The summed E-state index contributed by atoms with van der Waals surface area (Å²) < 4.78 is 0. The van der Waals surface area contributed by atoms with Crippen LogP contribution in [0.2, 0.25) is 0 Å². The van der Waals surface area contributed by atoms with Gasteiger partial charge in [-0.2, -0.15) is 0 Å². The fourth-order valence-corrected chi connectivity index (χ4v) is 1.17. The zero-order valence-electron chi connectivity index (χ0n) is 6.25. The van der Waals surface area contributed by atoms with Gasteiger partial charge in [0.05, 0.1) is 13.2 Å². The van der Waals surface area contributed by atoms with Crippen molar-refractivity contribution in [2.24, 2.45) is 0 Å². The van der Waals surface area contributed by atoms with Crippen molar-refractivity contribution in [2.45, 2.75) is 6.54 Å². The molecule has 0 unspecified atom stereocenters. The Kier molecular flexibility index (Phi) is 1.55. The second-order valence-electron chi connectivity index (χ2n) is 2.62. The molecular formula is C8H11N3. The van der Waals surface area contributed by atoms with E-state index in [4.69, 9.17) is 0 Å². The molecule has 11 heavy (non-hydrogen) atoms. The van der Waals surface area contributed by atoms with Crippen molar-refractivity contribution in [3.05, 3.63) is 36.4 Å². The van der Waals surface area contributed by atoms with Crippen LogP contribution in [0, 0.1) is 0 Å². The van der Waals surface area contributed by atoms with Crippen LogP contribution in [-0.4, -0.2) is 16.6 Å². The predicted molar refractivity (Wildman–Crippen MR) is 43.5 cm³/mol. The molecule has 0 amide bonds. The Morgan fingerprint density at radius 1 is 1.55 bits per heavy atom. The van der Waals surface area contributed by atoms with Crippen LogP contribution in [0.25, 0.3) is 0 Å². The molecule has 1 aromatic heterocycles. The minimum atomic E-state index is 0.916. The normalized spacial score (nSPS) is 15.5. The highest BCUT2D eigenvalue weighted by Crippen LogP contribution is 2.03. The van der Waals surface area contributed by atoms with Crippen LogP contribution in [0.4, 0.5) is 0 Å². The molecule has 0 spiro atoms. The minimum absolute atomic E-state index is 0.916. The monoisotopic (exact) mass is 149 g/mol. The second-order valence-corrected chi connectivity index (χ2v) is 2.62. The number of rotatable bonds is 2. The molecular weight excluding hydrogens is 138 g/mol. The Bertz CT molecular complexity index is 238. The van der Waals surface area contributed by atoms with E-state index < -0.39 is 0 Å². The van der Waals surface area contributed by atoms with Crippen LogP contribution in [-0.2, 0) is 6.54 Å². The Labute approximate surface area is 65.7 Å². The Hall–Kier alpha value is -1.38. The quantitative estimate of drug-likeness (QED) is 0.653. The molecule has 0 atom stereocenters. The van der Waals surface area contributed by atoms with Crippen molar-refractivity contribution < 1.29 is 0 Å². The third kappa shape index (κ3) is 1.37. The van der Waals surface area contributed by atoms with Gasteiger partial charge in [0.1, 0.15) is 0 Å². The van der Waals surface area contributed by atoms with Crippen molar-refractivity contribution in [3.8, 4) is 0 Å². The van der Waals surface area contributed by atoms with E-state index >= 15 is 0 Å². The first-order valence-corrected chi connectivity index (χ1v) is 3.71. The van der Waals surface area contributed by atoms with Crippen LogP contribution < -0.4 is 5.32 Å². The zero-order chi connectivity index (χ0) is 7.52. The van der Waals surface area contributed by atoms with Crippen molar-refractivity contribution in [1.29, 1.82) is 0 Å². The lowest BCUT2D eigenvalue weighted by molar-refractivity contribution is 0.381. The maximum Gasteiger partial charge on any atom is 0.0871 e. The molecule has 0 saturated heterocycles. The largest absolute Gasteiger partial charge is 0.373 e. The summed E-state index contributed by atoms with van der Waals surface area (Å²) in [7, 11) is 0. The van der Waals surface area contributed by atoms with Crippen LogP contribution >= 0.6 is 0 Å². The smallest absolute Gasteiger partial charge is 0.0871 e. The van der Waals surface area contributed by atoms with E-state index in [1.165, 1.54) is 5.69 Å². The first kappa shape index (κ1) is 6.34. The van der Waals surface area contributed by atoms with E-state index in [9.17, 15) is 0 Å². The molecule has 0 radical (unpaired) electrons.